The summed E-state index contributed by atoms with van der Waals surface area (Å²) in [7, 11) is 0. The first kappa shape index (κ1) is 15.3. The molecule has 0 aliphatic heterocycles. The number of nitrogens with zero attached hydrogens (tertiary/aromatic N) is 2. The number of aliphatic hydroxyl groups excluding tert-OH is 1. The largest absolute Gasteiger partial charge is 0.384 e. The molecule has 0 atom stereocenters. The van der Waals surface area contributed by atoms with Crippen molar-refractivity contribution in [3.8, 4) is 11.8 Å². The molecule has 6 heteroatoms. The van der Waals surface area contributed by atoms with Gasteiger partial charge in [0, 0.05) is 11.4 Å². The van der Waals surface area contributed by atoms with Gasteiger partial charge in [-0.3, -0.25) is 9.48 Å². The lowest BCUT2D eigenvalue weighted by Crippen LogP contribution is -2.25. The molecule has 1 amide bonds. The van der Waals surface area contributed by atoms with Crippen LogP contribution in [0.3, 0.4) is 0 Å². The summed E-state index contributed by atoms with van der Waals surface area (Å²) in [6, 6.07) is 5.59. The molecule has 2 N–H and O–H groups in total. The number of amides is 1. The van der Waals surface area contributed by atoms with E-state index in [0.29, 0.717) is 18.8 Å². The summed E-state index contributed by atoms with van der Waals surface area (Å²) in [5.41, 5.74) is 1.41. The molecule has 0 fully saturated rings. The highest BCUT2D eigenvalue weighted by molar-refractivity contribution is 7.12. The third-order valence-corrected chi connectivity index (χ3v) is 3.81. The van der Waals surface area contributed by atoms with Crippen molar-refractivity contribution in [1.29, 1.82) is 0 Å². The lowest BCUT2D eigenvalue weighted by Gasteiger charge is -2.05. The highest BCUT2D eigenvalue weighted by atomic mass is 32.1. The smallest absolute Gasteiger partial charge is 0.269 e. The zero-order chi connectivity index (χ0) is 15.2. The van der Waals surface area contributed by atoms with Gasteiger partial charge in [-0.1, -0.05) is 11.8 Å². The van der Waals surface area contributed by atoms with E-state index in [1.807, 2.05) is 26.0 Å². The first-order chi connectivity index (χ1) is 10.1. The predicted octanol–water partition coefficient (Wildman–Crippen LogP) is 1.55. The molecule has 2 heterocycles. The molecule has 0 spiro atoms. The summed E-state index contributed by atoms with van der Waals surface area (Å²) in [5, 5.41) is 15.8. The molecule has 2 aromatic rings. The highest BCUT2D eigenvalue weighted by Gasteiger charge is 2.12. The summed E-state index contributed by atoms with van der Waals surface area (Å²) in [6.45, 7) is 4.79. The normalized spacial score (nSPS) is 10.0. The molecule has 0 saturated heterocycles. The molecular formula is C15H17N3O2S. The maximum atomic E-state index is 12.2. The Morgan fingerprint density at radius 3 is 3.05 bits per heavy atom. The molecule has 0 saturated carbocycles. The number of nitrogens with one attached hydrogen (secondary N) is 1. The zero-order valence-corrected chi connectivity index (χ0v) is 12.8. The Bertz CT molecular complexity index is 691. The molecule has 0 bridgehead atoms. The Labute approximate surface area is 127 Å². The highest BCUT2D eigenvalue weighted by Crippen LogP contribution is 2.15. The van der Waals surface area contributed by atoms with E-state index in [9.17, 15) is 4.79 Å². The van der Waals surface area contributed by atoms with Crippen LogP contribution in [-0.4, -0.2) is 27.4 Å². The van der Waals surface area contributed by atoms with Crippen molar-refractivity contribution in [2.24, 2.45) is 0 Å². The van der Waals surface area contributed by atoms with E-state index in [0.717, 1.165) is 15.4 Å². The van der Waals surface area contributed by atoms with Gasteiger partial charge in [0.15, 0.2) is 0 Å². The van der Waals surface area contributed by atoms with Crippen LogP contribution in [-0.2, 0) is 13.1 Å². The number of hydrogen-bond acceptors (Lipinski definition) is 4. The van der Waals surface area contributed by atoms with Crippen LogP contribution >= 0.6 is 11.3 Å². The van der Waals surface area contributed by atoms with Crippen molar-refractivity contribution in [2.75, 3.05) is 6.61 Å². The van der Waals surface area contributed by atoms with Gasteiger partial charge in [-0.15, -0.1) is 11.3 Å². The Morgan fingerprint density at radius 1 is 1.52 bits per heavy atom. The fraction of sp³-hybridized carbons (Fsp3) is 0.333. The first-order valence-corrected chi connectivity index (χ1v) is 7.46. The lowest BCUT2D eigenvalue weighted by atomic mass is 10.3. The number of carbonyl (C=O) groups is 1. The summed E-state index contributed by atoms with van der Waals surface area (Å²) in [6.07, 6.45) is 0. The molecule has 2 aromatic heterocycles. The van der Waals surface area contributed by atoms with Crippen molar-refractivity contribution in [3.05, 3.63) is 39.3 Å². The number of aryl methyl sites for hydroxylation is 2. The summed E-state index contributed by atoms with van der Waals surface area (Å²) in [4.78, 5) is 14.1. The maximum absolute atomic E-state index is 12.2. The van der Waals surface area contributed by atoms with Gasteiger partial charge in [0.1, 0.15) is 12.3 Å². The predicted molar refractivity (Wildman–Crippen MR) is 82.1 cm³/mol. The Hall–Kier alpha value is -2.10. The summed E-state index contributed by atoms with van der Waals surface area (Å²) < 4.78 is 1.69. The van der Waals surface area contributed by atoms with Crippen molar-refractivity contribution in [3.63, 3.8) is 0 Å². The monoisotopic (exact) mass is 303 g/mol. The number of aromatic nitrogens is 2. The van der Waals surface area contributed by atoms with E-state index < -0.39 is 0 Å². The minimum atomic E-state index is -0.148. The van der Waals surface area contributed by atoms with Crippen molar-refractivity contribution >= 4 is 17.2 Å². The minimum Gasteiger partial charge on any atom is -0.384 e. The fourth-order valence-corrected chi connectivity index (χ4v) is 2.72. The first-order valence-electron chi connectivity index (χ1n) is 6.65. The second kappa shape index (κ2) is 7.07. The molecule has 0 aliphatic carbocycles. The Morgan fingerprint density at radius 2 is 2.33 bits per heavy atom. The standard InChI is InChI=1S/C15H17N3O2S/c1-3-18-14(9-11(2)17-18)15(20)16-10-13-7-6-12(21-13)5-4-8-19/h6-7,9,19H,3,8,10H2,1-2H3,(H,16,20). The van der Waals surface area contributed by atoms with Crippen LogP contribution in [0.25, 0.3) is 0 Å². The number of hydrogen-bond donors (Lipinski definition) is 2. The van der Waals surface area contributed by atoms with E-state index in [4.69, 9.17) is 5.11 Å². The van der Waals surface area contributed by atoms with Gasteiger partial charge < -0.3 is 10.4 Å². The van der Waals surface area contributed by atoms with Crippen LogP contribution in [0, 0.1) is 18.8 Å². The minimum absolute atomic E-state index is 0.131. The maximum Gasteiger partial charge on any atom is 0.269 e. The topological polar surface area (TPSA) is 67.2 Å². The van der Waals surface area contributed by atoms with Crippen LogP contribution in [0.1, 0.15) is 32.9 Å². The summed E-state index contributed by atoms with van der Waals surface area (Å²) in [5.74, 6) is 5.32. The molecule has 0 aliphatic rings. The van der Waals surface area contributed by atoms with Gasteiger partial charge in [0.05, 0.1) is 17.1 Å². The van der Waals surface area contributed by atoms with Gasteiger partial charge in [0.25, 0.3) is 5.91 Å². The van der Waals surface area contributed by atoms with Crippen LogP contribution in [0.15, 0.2) is 18.2 Å². The van der Waals surface area contributed by atoms with Gasteiger partial charge in [0.2, 0.25) is 0 Å². The zero-order valence-electron chi connectivity index (χ0n) is 12.0. The molecule has 0 aromatic carbocycles. The third-order valence-electron chi connectivity index (χ3n) is 2.81. The molecule has 0 radical (unpaired) electrons. The average Bonchev–Trinajstić information content (AvgIpc) is 3.08. The summed E-state index contributed by atoms with van der Waals surface area (Å²) >= 11 is 1.50. The second-order valence-electron chi connectivity index (χ2n) is 4.40. The van der Waals surface area contributed by atoms with Crippen LogP contribution < -0.4 is 5.32 Å². The van der Waals surface area contributed by atoms with E-state index in [1.165, 1.54) is 11.3 Å². The van der Waals surface area contributed by atoms with Crippen molar-refractivity contribution in [1.82, 2.24) is 15.1 Å². The molecule has 2 rings (SSSR count). The van der Waals surface area contributed by atoms with Crippen molar-refractivity contribution in [2.45, 2.75) is 26.9 Å². The Kier molecular flexibility index (Phi) is 5.14. The van der Waals surface area contributed by atoms with Crippen LogP contribution in [0.4, 0.5) is 0 Å². The van der Waals surface area contributed by atoms with E-state index in [2.05, 4.69) is 22.3 Å². The van der Waals surface area contributed by atoms with Crippen LogP contribution in [0.5, 0.6) is 0 Å². The van der Waals surface area contributed by atoms with Gasteiger partial charge >= 0.3 is 0 Å². The number of carbonyl (C=O) groups excluding carboxylic acids is 1. The Balaban J connectivity index is 1.99. The van der Waals surface area contributed by atoms with Gasteiger partial charge in [-0.2, -0.15) is 5.10 Å². The van der Waals surface area contributed by atoms with Gasteiger partial charge in [-0.05, 0) is 32.0 Å². The lowest BCUT2D eigenvalue weighted by molar-refractivity contribution is 0.0940. The number of aliphatic hydroxyl groups is 1. The fourth-order valence-electron chi connectivity index (χ4n) is 1.89. The molecule has 21 heavy (non-hydrogen) atoms. The van der Waals surface area contributed by atoms with Crippen LogP contribution in [0.2, 0.25) is 0 Å². The average molecular weight is 303 g/mol. The van der Waals surface area contributed by atoms with E-state index in [1.54, 1.807) is 10.7 Å². The van der Waals surface area contributed by atoms with Gasteiger partial charge in [-0.25, -0.2) is 0 Å². The number of rotatable bonds is 4. The molecule has 0 unspecified atom stereocenters. The SMILES string of the molecule is CCn1nc(C)cc1C(=O)NCc1ccc(C#CCO)s1. The van der Waals surface area contributed by atoms with E-state index in [-0.39, 0.29) is 12.5 Å². The van der Waals surface area contributed by atoms with E-state index >= 15 is 0 Å². The quantitative estimate of drug-likeness (QED) is 0.842. The third kappa shape index (κ3) is 3.94. The number of thiophene rings is 1. The molecular weight excluding hydrogens is 286 g/mol. The van der Waals surface area contributed by atoms with Crippen molar-refractivity contribution < 1.29 is 9.90 Å². The second-order valence-corrected chi connectivity index (χ2v) is 5.56. The molecule has 110 valence electrons. The molecule has 5 nitrogen and oxygen atoms in total.